The second-order valence-electron chi connectivity index (χ2n) is 9.21. The number of hydrogen-bond acceptors (Lipinski definition) is 5. The maximum atomic E-state index is 6.49. The summed E-state index contributed by atoms with van der Waals surface area (Å²) >= 11 is 0. The molecule has 33 heavy (non-hydrogen) atoms. The zero-order valence-corrected chi connectivity index (χ0v) is 20.1. The zero-order chi connectivity index (χ0) is 23.3. The van der Waals surface area contributed by atoms with E-state index in [9.17, 15) is 0 Å². The number of aryl methyl sites for hydroxylation is 2. The Hall–Kier alpha value is -3.39. The number of ether oxygens (including phenoxy) is 1. The van der Waals surface area contributed by atoms with Crippen molar-refractivity contribution in [2.75, 3.05) is 6.54 Å². The van der Waals surface area contributed by atoms with Crippen LogP contribution >= 0.6 is 0 Å². The lowest BCUT2D eigenvalue weighted by Gasteiger charge is -2.30. The lowest BCUT2D eigenvalue weighted by molar-refractivity contribution is 0.112. The van der Waals surface area contributed by atoms with Gasteiger partial charge in [-0.1, -0.05) is 6.07 Å². The van der Waals surface area contributed by atoms with Crippen LogP contribution in [0.25, 0.3) is 34.2 Å². The smallest absolute Gasteiger partial charge is 0.219 e. The highest BCUT2D eigenvalue weighted by Crippen LogP contribution is 2.33. The lowest BCUT2D eigenvalue weighted by atomic mass is 10.1. The van der Waals surface area contributed by atoms with E-state index in [0.717, 1.165) is 52.4 Å². The molecule has 0 amide bonds. The van der Waals surface area contributed by atoms with Crippen LogP contribution in [-0.2, 0) is 20.6 Å². The lowest BCUT2D eigenvalue weighted by Crippen LogP contribution is -2.38. The molecule has 4 heterocycles. The average molecular weight is 446 g/mol. The third-order valence-corrected chi connectivity index (χ3v) is 6.57. The molecule has 0 aliphatic carbocycles. The molecule has 8 heteroatoms. The molecule has 1 aromatic carbocycles. The second kappa shape index (κ2) is 8.19. The summed E-state index contributed by atoms with van der Waals surface area (Å²) in [4.78, 5) is 2.44. The number of rotatable bonds is 1. The first-order valence-electron chi connectivity index (χ1n) is 11.4. The van der Waals surface area contributed by atoms with Gasteiger partial charge in [0, 0.05) is 49.9 Å². The maximum absolute atomic E-state index is 6.49. The van der Waals surface area contributed by atoms with Crippen LogP contribution in [0.4, 0.5) is 0 Å². The van der Waals surface area contributed by atoms with Crippen molar-refractivity contribution in [1.82, 2.24) is 34.7 Å². The van der Waals surface area contributed by atoms with E-state index in [4.69, 9.17) is 9.84 Å². The highest BCUT2D eigenvalue weighted by molar-refractivity contribution is 5.92. The summed E-state index contributed by atoms with van der Waals surface area (Å²) in [6, 6.07) is 6.62. The quantitative estimate of drug-likeness (QED) is 0.476. The van der Waals surface area contributed by atoms with E-state index in [1.807, 2.05) is 35.7 Å². The van der Waals surface area contributed by atoms with E-state index in [0.29, 0.717) is 6.04 Å². The van der Waals surface area contributed by atoms with Crippen molar-refractivity contribution in [1.29, 1.82) is 0 Å². The van der Waals surface area contributed by atoms with Crippen LogP contribution in [0.5, 0.6) is 5.88 Å². The molecule has 0 spiro atoms. The Balaban J connectivity index is 1.69. The second-order valence-corrected chi connectivity index (χ2v) is 9.21. The van der Waals surface area contributed by atoms with Crippen molar-refractivity contribution >= 4 is 23.1 Å². The van der Waals surface area contributed by atoms with Gasteiger partial charge in [0.1, 0.15) is 6.10 Å². The molecular formula is C25H31N7O. The molecule has 4 aromatic rings. The fraction of sp³-hybridized carbons (Fsp3) is 0.400. The summed E-state index contributed by atoms with van der Waals surface area (Å²) in [5, 5.41) is 18.0. The summed E-state index contributed by atoms with van der Waals surface area (Å²) in [7, 11) is 3.93. The third kappa shape index (κ3) is 3.84. The van der Waals surface area contributed by atoms with Gasteiger partial charge in [-0.25, -0.2) is 4.68 Å². The number of H-pyrrole nitrogens is 1. The van der Waals surface area contributed by atoms with Crippen LogP contribution in [-0.4, -0.2) is 53.3 Å². The summed E-state index contributed by atoms with van der Waals surface area (Å²) < 4.78 is 10.3. The van der Waals surface area contributed by atoms with E-state index in [1.165, 1.54) is 11.3 Å². The first-order chi connectivity index (χ1) is 15.8. The van der Waals surface area contributed by atoms with Crippen LogP contribution in [0.15, 0.2) is 24.4 Å². The molecule has 5 rings (SSSR count). The van der Waals surface area contributed by atoms with Crippen LogP contribution in [0.2, 0.25) is 0 Å². The highest BCUT2D eigenvalue weighted by atomic mass is 16.5. The number of nitrogens with one attached hydrogen (secondary N) is 1. The van der Waals surface area contributed by atoms with Gasteiger partial charge >= 0.3 is 0 Å². The molecule has 8 nitrogen and oxygen atoms in total. The van der Waals surface area contributed by atoms with Crippen LogP contribution < -0.4 is 4.74 Å². The van der Waals surface area contributed by atoms with Gasteiger partial charge in [-0.05, 0) is 57.5 Å². The molecule has 0 fully saturated rings. The standard InChI is InChI=1S/C25H31N7O/c1-15(2)32-13-16(3)33-25-20(12-26-31(25)6)18-7-8-22-19(11-18)23(28-27-22)9-10-24-21(14-32)17(4)30(5)29-24/h7-12,15-16H,13-14H2,1-6H3,(H,27,28)/b10-9+/t16-/m0/s1. The fourth-order valence-electron chi connectivity index (χ4n) is 4.48. The molecule has 0 saturated carbocycles. The number of nitrogens with zero attached hydrogens (tertiary/aromatic N) is 6. The highest BCUT2D eigenvalue weighted by Gasteiger charge is 2.22. The first-order valence-corrected chi connectivity index (χ1v) is 11.4. The minimum atomic E-state index is -0.0177. The van der Waals surface area contributed by atoms with Gasteiger partial charge in [-0.3, -0.25) is 14.7 Å². The molecule has 2 bridgehead atoms. The van der Waals surface area contributed by atoms with Crippen LogP contribution in [0, 0.1) is 6.92 Å². The Kier molecular flexibility index (Phi) is 5.32. The maximum Gasteiger partial charge on any atom is 0.219 e. The SMILES string of the molecule is Cc1c2c(nn1C)/C=C/c1[nH]nc3ccc(cc13)-c1cnn(C)c1O[C@@H](C)CN(C(C)C)C2. The Morgan fingerprint density at radius 3 is 2.76 bits per heavy atom. The van der Waals surface area contributed by atoms with Crippen molar-refractivity contribution in [3.63, 3.8) is 0 Å². The fourth-order valence-corrected chi connectivity index (χ4v) is 4.48. The topological polar surface area (TPSA) is 76.8 Å². The molecule has 1 aliphatic heterocycles. The third-order valence-electron chi connectivity index (χ3n) is 6.57. The molecule has 1 N–H and O–H groups in total. The van der Waals surface area contributed by atoms with Crippen molar-refractivity contribution < 1.29 is 4.74 Å². The predicted octanol–water partition coefficient (Wildman–Crippen LogP) is 4.17. The molecule has 0 unspecified atom stereocenters. The van der Waals surface area contributed by atoms with Gasteiger partial charge in [-0.2, -0.15) is 15.3 Å². The Morgan fingerprint density at radius 1 is 1.15 bits per heavy atom. The largest absolute Gasteiger partial charge is 0.473 e. The van der Waals surface area contributed by atoms with Crippen molar-refractivity contribution in [2.45, 2.75) is 46.4 Å². The van der Waals surface area contributed by atoms with Gasteiger partial charge in [0.2, 0.25) is 5.88 Å². The molecular weight excluding hydrogens is 414 g/mol. The molecule has 0 radical (unpaired) electrons. The van der Waals surface area contributed by atoms with E-state index in [2.05, 4.69) is 72.2 Å². The van der Waals surface area contributed by atoms with Gasteiger partial charge in [0.15, 0.2) is 0 Å². The molecule has 3 aromatic heterocycles. The van der Waals surface area contributed by atoms with Crippen LogP contribution in [0.1, 0.15) is 43.4 Å². The van der Waals surface area contributed by atoms with E-state index in [-0.39, 0.29) is 6.10 Å². The Bertz CT molecular complexity index is 1340. The summed E-state index contributed by atoms with van der Waals surface area (Å²) in [5.74, 6) is 0.777. The minimum Gasteiger partial charge on any atom is -0.473 e. The molecule has 172 valence electrons. The van der Waals surface area contributed by atoms with Crippen molar-refractivity contribution in [3.8, 4) is 17.0 Å². The van der Waals surface area contributed by atoms with Gasteiger partial charge in [0.05, 0.1) is 28.7 Å². The van der Waals surface area contributed by atoms with Crippen molar-refractivity contribution in [3.05, 3.63) is 47.0 Å². The number of aromatic nitrogens is 6. The molecule has 1 atom stereocenters. The molecule has 0 saturated heterocycles. The van der Waals surface area contributed by atoms with Gasteiger partial charge in [-0.15, -0.1) is 0 Å². The van der Waals surface area contributed by atoms with Gasteiger partial charge in [0.25, 0.3) is 0 Å². The number of fused-ring (bicyclic) bond motifs is 4. The Labute approximate surface area is 193 Å². The van der Waals surface area contributed by atoms with E-state index in [1.54, 1.807) is 0 Å². The van der Waals surface area contributed by atoms with E-state index < -0.39 is 0 Å². The van der Waals surface area contributed by atoms with Gasteiger partial charge < -0.3 is 4.74 Å². The summed E-state index contributed by atoms with van der Waals surface area (Å²) in [6.45, 7) is 10.3. The monoisotopic (exact) mass is 445 g/mol. The number of hydrogen-bond donors (Lipinski definition) is 1. The molecule has 1 aliphatic rings. The minimum absolute atomic E-state index is 0.0177. The van der Waals surface area contributed by atoms with E-state index >= 15 is 0 Å². The Morgan fingerprint density at radius 2 is 1.97 bits per heavy atom. The number of benzene rings is 1. The number of aromatic amines is 1. The predicted molar refractivity (Wildman–Crippen MR) is 131 cm³/mol. The summed E-state index contributed by atoms with van der Waals surface area (Å²) in [5.41, 5.74) is 7.30. The summed E-state index contributed by atoms with van der Waals surface area (Å²) in [6.07, 6.45) is 6.03. The normalized spacial score (nSPS) is 18.1. The van der Waals surface area contributed by atoms with Crippen LogP contribution in [0.3, 0.4) is 0 Å². The average Bonchev–Trinajstić information content (AvgIpc) is 3.43. The van der Waals surface area contributed by atoms with Crippen molar-refractivity contribution in [2.24, 2.45) is 14.1 Å². The first kappa shape index (κ1) is 21.5. The zero-order valence-electron chi connectivity index (χ0n) is 20.1.